The molecule has 2 N–H and O–H groups in total. The van der Waals surface area contributed by atoms with E-state index in [1.165, 1.54) is 0 Å². The second-order valence-corrected chi connectivity index (χ2v) is 7.17. The zero-order chi connectivity index (χ0) is 21.9. The Kier molecular flexibility index (Phi) is 6.87. The van der Waals surface area contributed by atoms with Gasteiger partial charge in [-0.25, -0.2) is 0 Å². The summed E-state index contributed by atoms with van der Waals surface area (Å²) in [5.74, 6) is 1.89. The van der Waals surface area contributed by atoms with Crippen molar-refractivity contribution in [2.75, 3.05) is 0 Å². The van der Waals surface area contributed by atoms with Gasteiger partial charge >= 0.3 is 0 Å². The number of benzene rings is 4. The fraction of sp³-hybridized carbons (Fsp3) is 0. The van der Waals surface area contributed by atoms with Crippen LogP contribution in [0.1, 0.15) is 0 Å². The van der Waals surface area contributed by atoms with E-state index in [9.17, 15) is 10.2 Å². The van der Waals surface area contributed by atoms with Crippen LogP contribution in [0.25, 0.3) is 44.8 Å². The number of fused-ring (bicyclic) bond motifs is 2. The van der Waals surface area contributed by atoms with Crippen LogP contribution >= 0.6 is 0 Å². The summed E-state index contributed by atoms with van der Waals surface area (Å²) in [6, 6.07) is 29.3. The molecule has 0 bridgehead atoms. The molecule has 0 amide bonds. The van der Waals surface area contributed by atoms with E-state index >= 15 is 0 Å². The molecule has 0 aliphatic carbocycles. The molecule has 0 aliphatic rings. The first-order valence-electron chi connectivity index (χ1n) is 10.0. The van der Waals surface area contributed by atoms with Gasteiger partial charge in [0.1, 0.15) is 11.5 Å². The third kappa shape index (κ3) is 5.13. The van der Waals surface area contributed by atoms with E-state index in [4.69, 9.17) is 0 Å². The molecule has 33 heavy (non-hydrogen) atoms. The maximum absolute atomic E-state index is 9.20. The molecule has 159 valence electrons. The summed E-state index contributed by atoms with van der Waals surface area (Å²) in [7, 11) is 0. The van der Waals surface area contributed by atoms with Gasteiger partial charge in [0.15, 0.2) is 0 Å². The number of rotatable bonds is 2. The van der Waals surface area contributed by atoms with Gasteiger partial charge in [0.25, 0.3) is 0 Å². The first kappa shape index (κ1) is 22.7. The summed E-state index contributed by atoms with van der Waals surface area (Å²) in [6.45, 7) is 0. The molecule has 0 fully saturated rings. The minimum Gasteiger partial charge on any atom is -0.508 e. The molecule has 0 atom stereocenters. The quantitative estimate of drug-likeness (QED) is 0.338. The Morgan fingerprint density at radius 1 is 0.485 bits per heavy atom. The predicted octanol–water partition coefficient (Wildman–Crippen LogP) is 5.13. The number of phenolic OH excluding ortho intramolecular Hbond substituents is 2. The minimum absolute atomic E-state index is 0. The van der Waals surface area contributed by atoms with Crippen molar-refractivity contribution in [2.45, 2.75) is 0 Å². The molecule has 1 radical (unpaired) electrons. The summed E-state index contributed by atoms with van der Waals surface area (Å²) in [4.78, 5) is 17.7. The molecule has 6 rings (SSSR count). The summed E-state index contributed by atoms with van der Waals surface area (Å²) < 4.78 is 0. The fourth-order valence-corrected chi connectivity index (χ4v) is 3.29. The van der Waals surface area contributed by atoms with Crippen molar-refractivity contribution in [1.29, 1.82) is 0 Å². The minimum atomic E-state index is 0. The standard InChI is InChI=1S/2C13H9N2O.Y/c2*16-10-7-5-9(6-8-10)13-14-11-3-1-2-4-12(11)15-13;/h2*1-8H,(H-,14,15,16);/q2*-1;. The van der Waals surface area contributed by atoms with Crippen molar-refractivity contribution < 1.29 is 42.9 Å². The average molecular weight is 507 g/mol. The predicted molar refractivity (Wildman–Crippen MR) is 124 cm³/mol. The summed E-state index contributed by atoms with van der Waals surface area (Å²) in [5, 5.41) is 18.4. The molecule has 6 aromatic rings. The number of imidazole rings is 2. The molecule has 7 heteroatoms. The van der Waals surface area contributed by atoms with Crippen LogP contribution in [0.5, 0.6) is 11.5 Å². The Morgan fingerprint density at radius 3 is 1.21 bits per heavy atom. The molecular formula is C26H18N4O2Y-2. The largest absolute Gasteiger partial charge is 0.508 e. The molecule has 2 aromatic heterocycles. The molecule has 0 saturated heterocycles. The molecular weight excluding hydrogens is 489 g/mol. The van der Waals surface area contributed by atoms with Crippen LogP contribution in [-0.2, 0) is 32.7 Å². The van der Waals surface area contributed by atoms with E-state index in [1.54, 1.807) is 24.3 Å². The van der Waals surface area contributed by atoms with Crippen LogP contribution in [0, 0.1) is 0 Å². The third-order valence-electron chi connectivity index (χ3n) is 4.92. The van der Waals surface area contributed by atoms with Crippen molar-refractivity contribution in [3.05, 3.63) is 97.1 Å². The van der Waals surface area contributed by atoms with Gasteiger partial charge in [0.05, 0.1) is 0 Å². The topological polar surface area (TPSA) is 94.4 Å². The Balaban J connectivity index is 0.000000152. The molecule has 0 spiro atoms. The van der Waals surface area contributed by atoms with Gasteiger partial charge in [0, 0.05) is 32.7 Å². The van der Waals surface area contributed by atoms with Crippen molar-refractivity contribution >= 4 is 22.1 Å². The molecule has 6 nitrogen and oxygen atoms in total. The summed E-state index contributed by atoms with van der Waals surface area (Å²) in [6.07, 6.45) is 0. The van der Waals surface area contributed by atoms with Crippen LogP contribution in [0.15, 0.2) is 97.1 Å². The number of hydrogen-bond acceptors (Lipinski definition) is 4. The van der Waals surface area contributed by atoms with Gasteiger partial charge in [-0.05, 0) is 57.5 Å². The molecule has 2 heterocycles. The Bertz CT molecular complexity index is 1310. The van der Waals surface area contributed by atoms with Crippen molar-refractivity contribution in [3.63, 3.8) is 0 Å². The van der Waals surface area contributed by atoms with Crippen LogP contribution in [0.3, 0.4) is 0 Å². The first-order chi connectivity index (χ1) is 15.7. The maximum atomic E-state index is 9.20. The van der Waals surface area contributed by atoms with Crippen LogP contribution in [0.4, 0.5) is 0 Å². The molecule has 0 unspecified atom stereocenters. The maximum Gasteiger partial charge on any atom is 0.115 e. The zero-order valence-corrected chi connectivity index (χ0v) is 20.3. The number of aromatic hydroxyl groups is 2. The Hall–Kier alpha value is -3.48. The van der Waals surface area contributed by atoms with Gasteiger partial charge in [-0.3, -0.25) is 0 Å². The number of para-hydroxylation sites is 4. The summed E-state index contributed by atoms with van der Waals surface area (Å²) in [5.41, 5.74) is 5.40. The van der Waals surface area contributed by atoms with E-state index in [0.717, 1.165) is 33.2 Å². The van der Waals surface area contributed by atoms with Crippen LogP contribution < -0.4 is 9.97 Å². The van der Waals surface area contributed by atoms with Crippen molar-refractivity contribution in [3.8, 4) is 34.3 Å². The smallest absolute Gasteiger partial charge is 0.115 e. The molecule has 4 aromatic carbocycles. The third-order valence-corrected chi connectivity index (χ3v) is 4.92. The van der Waals surface area contributed by atoms with E-state index in [-0.39, 0.29) is 44.2 Å². The van der Waals surface area contributed by atoms with Gasteiger partial charge in [-0.15, -0.1) is 0 Å². The Labute approximate surface area is 215 Å². The second-order valence-electron chi connectivity index (χ2n) is 7.17. The number of nitrogens with zero attached hydrogens (tertiary/aromatic N) is 4. The van der Waals surface area contributed by atoms with Crippen molar-refractivity contribution in [2.24, 2.45) is 0 Å². The van der Waals surface area contributed by atoms with E-state index in [0.29, 0.717) is 11.6 Å². The van der Waals surface area contributed by atoms with Gasteiger partial charge in [0.2, 0.25) is 0 Å². The number of hydrogen-bond donors (Lipinski definition) is 2. The van der Waals surface area contributed by atoms with E-state index in [1.807, 2.05) is 72.8 Å². The van der Waals surface area contributed by atoms with Crippen LogP contribution in [-0.4, -0.2) is 20.2 Å². The normalized spacial score (nSPS) is 10.4. The molecule has 0 saturated carbocycles. The van der Waals surface area contributed by atoms with E-state index in [2.05, 4.69) is 19.9 Å². The van der Waals surface area contributed by atoms with Gasteiger partial charge in [-0.1, -0.05) is 84.4 Å². The number of phenols is 2. The molecule has 0 aliphatic heterocycles. The monoisotopic (exact) mass is 507 g/mol. The SMILES string of the molecule is Oc1ccc(-c2nc3ccccc3[n-]2)cc1.Oc1ccc(-c2nc3ccccc3[n-]2)cc1.[Y]. The van der Waals surface area contributed by atoms with Gasteiger partial charge < -0.3 is 30.1 Å². The van der Waals surface area contributed by atoms with Gasteiger partial charge in [-0.2, -0.15) is 0 Å². The summed E-state index contributed by atoms with van der Waals surface area (Å²) >= 11 is 0. The van der Waals surface area contributed by atoms with Crippen LogP contribution in [0.2, 0.25) is 0 Å². The average Bonchev–Trinajstić information content (AvgIpc) is 3.45. The zero-order valence-electron chi connectivity index (χ0n) is 17.5. The first-order valence-corrected chi connectivity index (χ1v) is 10.0. The van der Waals surface area contributed by atoms with E-state index < -0.39 is 0 Å². The Morgan fingerprint density at radius 2 is 0.848 bits per heavy atom. The van der Waals surface area contributed by atoms with Crippen molar-refractivity contribution in [1.82, 2.24) is 19.9 Å². The number of aromatic nitrogens is 4. The second kappa shape index (κ2) is 9.98. The fourth-order valence-electron chi connectivity index (χ4n) is 3.29.